The van der Waals surface area contributed by atoms with Crippen LogP contribution in [0.3, 0.4) is 0 Å². The molecule has 1 atom stereocenters. The van der Waals surface area contributed by atoms with Gasteiger partial charge in [-0.05, 0) is 24.4 Å². The van der Waals surface area contributed by atoms with Gasteiger partial charge in [0.1, 0.15) is 0 Å². The third-order valence-electron chi connectivity index (χ3n) is 2.85. The molecule has 0 radical (unpaired) electrons. The summed E-state index contributed by atoms with van der Waals surface area (Å²) in [5, 5.41) is 4.03. The number of nitrogens with zero attached hydrogens (tertiary/aromatic N) is 2. The molecule has 6 nitrogen and oxygen atoms in total. The Labute approximate surface area is 109 Å². The van der Waals surface area contributed by atoms with E-state index in [-0.39, 0.29) is 16.5 Å². The summed E-state index contributed by atoms with van der Waals surface area (Å²) in [6.45, 7) is 6.40. The number of rotatable bonds is 5. The van der Waals surface area contributed by atoms with E-state index in [1.807, 2.05) is 20.8 Å². The molecule has 0 aliphatic rings. The van der Waals surface area contributed by atoms with Gasteiger partial charge >= 0.3 is 0 Å². The summed E-state index contributed by atoms with van der Waals surface area (Å²) in [4.78, 5) is 0. The molecule has 0 aliphatic carbocycles. The minimum absolute atomic E-state index is 0.161. The highest BCUT2D eigenvalue weighted by atomic mass is 32.2. The van der Waals surface area contributed by atoms with E-state index in [1.54, 1.807) is 7.05 Å². The fourth-order valence-corrected chi connectivity index (χ4v) is 3.31. The van der Waals surface area contributed by atoms with Gasteiger partial charge in [0.15, 0.2) is 5.03 Å². The van der Waals surface area contributed by atoms with Crippen molar-refractivity contribution in [3.63, 3.8) is 0 Å². The number of hydrogen-bond acceptors (Lipinski definition) is 4. The van der Waals surface area contributed by atoms with Crippen LogP contribution < -0.4 is 10.5 Å². The fourth-order valence-electron chi connectivity index (χ4n) is 1.71. The first kappa shape index (κ1) is 15.1. The third-order valence-corrected chi connectivity index (χ3v) is 4.40. The van der Waals surface area contributed by atoms with Crippen LogP contribution in [0.1, 0.15) is 27.2 Å². The van der Waals surface area contributed by atoms with Crippen LogP contribution in [0, 0.1) is 5.41 Å². The molecule has 0 spiro atoms. The van der Waals surface area contributed by atoms with Gasteiger partial charge in [0.25, 0.3) is 10.0 Å². The maximum atomic E-state index is 12.2. The fraction of sp³-hybridized carbons (Fsp3) is 0.727. The monoisotopic (exact) mass is 274 g/mol. The first-order valence-corrected chi connectivity index (χ1v) is 7.37. The number of aromatic nitrogens is 2. The van der Waals surface area contributed by atoms with Crippen molar-refractivity contribution in [2.45, 2.75) is 38.3 Å². The van der Waals surface area contributed by atoms with E-state index in [0.29, 0.717) is 13.0 Å². The van der Waals surface area contributed by atoms with Gasteiger partial charge in [0, 0.05) is 13.1 Å². The first-order valence-electron chi connectivity index (χ1n) is 5.89. The van der Waals surface area contributed by atoms with Crippen LogP contribution in [0.2, 0.25) is 0 Å². The minimum atomic E-state index is -3.56. The zero-order valence-electron chi connectivity index (χ0n) is 11.3. The van der Waals surface area contributed by atoms with E-state index in [1.165, 1.54) is 16.9 Å². The van der Waals surface area contributed by atoms with Crippen molar-refractivity contribution in [3.05, 3.63) is 12.3 Å². The first-order chi connectivity index (χ1) is 8.18. The molecule has 1 rings (SSSR count). The molecule has 104 valence electrons. The SMILES string of the molecule is Cn1nccc1S(=O)(=O)NC(CCN)C(C)(C)C. The molecule has 1 heterocycles. The number of hydrogen-bond donors (Lipinski definition) is 2. The standard InChI is InChI=1S/C11H22N4O2S/c1-11(2,3)9(5-7-12)14-18(16,17)10-6-8-13-15(10)4/h6,8-9,14H,5,7,12H2,1-4H3. The summed E-state index contributed by atoms with van der Waals surface area (Å²) < 4.78 is 28.5. The number of aryl methyl sites for hydroxylation is 1. The Hall–Kier alpha value is -0.920. The number of nitrogens with one attached hydrogen (secondary N) is 1. The molecule has 1 aromatic rings. The minimum Gasteiger partial charge on any atom is -0.330 e. The highest BCUT2D eigenvalue weighted by Gasteiger charge is 2.30. The van der Waals surface area contributed by atoms with Crippen molar-refractivity contribution < 1.29 is 8.42 Å². The lowest BCUT2D eigenvalue weighted by Gasteiger charge is -2.30. The highest BCUT2D eigenvalue weighted by Crippen LogP contribution is 2.23. The zero-order chi connectivity index (χ0) is 14.0. The van der Waals surface area contributed by atoms with Gasteiger partial charge in [-0.3, -0.25) is 4.68 Å². The molecular formula is C11H22N4O2S. The number of nitrogens with two attached hydrogens (primary N) is 1. The average molecular weight is 274 g/mol. The molecule has 0 bridgehead atoms. The van der Waals surface area contributed by atoms with Gasteiger partial charge in [-0.1, -0.05) is 20.8 Å². The molecule has 1 unspecified atom stereocenters. The lowest BCUT2D eigenvalue weighted by molar-refractivity contribution is 0.287. The van der Waals surface area contributed by atoms with E-state index < -0.39 is 10.0 Å². The Morgan fingerprint density at radius 2 is 2.11 bits per heavy atom. The molecule has 0 aliphatic heterocycles. The predicted molar refractivity (Wildman–Crippen MR) is 70.4 cm³/mol. The molecule has 7 heteroatoms. The van der Waals surface area contributed by atoms with Gasteiger partial charge < -0.3 is 5.73 Å². The van der Waals surface area contributed by atoms with E-state index >= 15 is 0 Å². The summed E-state index contributed by atoms with van der Waals surface area (Å²) in [6, 6.07) is 1.27. The summed E-state index contributed by atoms with van der Waals surface area (Å²) >= 11 is 0. The molecule has 1 aromatic heterocycles. The van der Waals surface area contributed by atoms with Crippen molar-refractivity contribution in [2.24, 2.45) is 18.2 Å². The topological polar surface area (TPSA) is 90.0 Å². The smallest absolute Gasteiger partial charge is 0.257 e. The van der Waals surface area contributed by atoms with E-state index in [0.717, 1.165) is 0 Å². The van der Waals surface area contributed by atoms with Crippen molar-refractivity contribution in [1.29, 1.82) is 0 Å². The van der Waals surface area contributed by atoms with Crippen molar-refractivity contribution >= 4 is 10.0 Å². The summed E-state index contributed by atoms with van der Waals surface area (Å²) in [5.74, 6) is 0. The van der Waals surface area contributed by atoms with Crippen LogP contribution in [0.5, 0.6) is 0 Å². The lowest BCUT2D eigenvalue weighted by atomic mass is 9.85. The average Bonchev–Trinajstić information content (AvgIpc) is 2.63. The maximum Gasteiger partial charge on any atom is 0.257 e. The van der Waals surface area contributed by atoms with Gasteiger partial charge in [-0.2, -0.15) is 5.10 Å². The Bertz CT molecular complexity index is 487. The van der Waals surface area contributed by atoms with Crippen LogP contribution in [0.4, 0.5) is 0 Å². The van der Waals surface area contributed by atoms with Crippen molar-refractivity contribution in [2.75, 3.05) is 6.54 Å². The summed E-state index contributed by atoms with van der Waals surface area (Å²) in [5.41, 5.74) is 5.35. The molecule has 18 heavy (non-hydrogen) atoms. The quantitative estimate of drug-likeness (QED) is 0.816. The van der Waals surface area contributed by atoms with Gasteiger partial charge in [0.05, 0.1) is 6.20 Å². The largest absolute Gasteiger partial charge is 0.330 e. The highest BCUT2D eigenvalue weighted by molar-refractivity contribution is 7.89. The van der Waals surface area contributed by atoms with Gasteiger partial charge in [-0.25, -0.2) is 13.1 Å². The second-order valence-electron chi connectivity index (χ2n) is 5.41. The van der Waals surface area contributed by atoms with E-state index in [4.69, 9.17) is 5.73 Å². The molecule has 0 aromatic carbocycles. The summed E-state index contributed by atoms with van der Waals surface area (Å²) in [6.07, 6.45) is 2.06. The molecule has 0 saturated heterocycles. The Morgan fingerprint density at radius 3 is 2.50 bits per heavy atom. The van der Waals surface area contributed by atoms with Crippen LogP contribution in [-0.2, 0) is 17.1 Å². The summed E-state index contributed by atoms with van der Waals surface area (Å²) in [7, 11) is -1.96. The molecule has 0 amide bonds. The molecule has 0 saturated carbocycles. The van der Waals surface area contributed by atoms with Gasteiger partial charge in [0.2, 0.25) is 0 Å². The molecule has 0 fully saturated rings. The Kier molecular flexibility index (Phi) is 4.52. The van der Waals surface area contributed by atoms with Crippen LogP contribution in [0.25, 0.3) is 0 Å². The van der Waals surface area contributed by atoms with Crippen LogP contribution in [-0.4, -0.2) is 30.8 Å². The van der Waals surface area contributed by atoms with Crippen LogP contribution >= 0.6 is 0 Å². The Morgan fingerprint density at radius 1 is 1.50 bits per heavy atom. The second kappa shape index (κ2) is 5.38. The third kappa shape index (κ3) is 3.54. The second-order valence-corrected chi connectivity index (χ2v) is 7.07. The maximum absolute atomic E-state index is 12.2. The lowest BCUT2D eigenvalue weighted by Crippen LogP contribution is -2.45. The van der Waals surface area contributed by atoms with Crippen LogP contribution in [0.15, 0.2) is 17.3 Å². The normalized spacial score (nSPS) is 14.7. The van der Waals surface area contributed by atoms with Gasteiger partial charge in [-0.15, -0.1) is 0 Å². The predicted octanol–water partition coefficient (Wildman–Crippen LogP) is 0.462. The Balaban J connectivity index is 2.97. The van der Waals surface area contributed by atoms with Crippen molar-refractivity contribution in [1.82, 2.24) is 14.5 Å². The zero-order valence-corrected chi connectivity index (χ0v) is 12.2. The molecule has 3 N–H and O–H groups in total. The number of sulfonamides is 1. The van der Waals surface area contributed by atoms with Crippen molar-refractivity contribution in [3.8, 4) is 0 Å². The van der Waals surface area contributed by atoms with E-state index in [9.17, 15) is 8.42 Å². The molecular weight excluding hydrogens is 252 g/mol. The van der Waals surface area contributed by atoms with E-state index in [2.05, 4.69) is 9.82 Å².